The molecule has 7 heteroatoms. The van der Waals surface area contributed by atoms with E-state index in [-0.39, 0.29) is 11.5 Å². The predicted molar refractivity (Wildman–Crippen MR) is 101 cm³/mol. The van der Waals surface area contributed by atoms with Crippen LogP contribution in [0, 0.1) is 11.6 Å². The second-order valence-corrected chi connectivity index (χ2v) is 7.80. The number of benzene rings is 1. The normalized spacial score (nSPS) is 15.2. The summed E-state index contributed by atoms with van der Waals surface area (Å²) in [5, 5.41) is 5.11. The van der Waals surface area contributed by atoms with E-state index in [0.717, 1.165) is 37.8 Å². The molecule has 1 heterocycles. The van der Waals surface area contributed by atoms with Gasteiger partial charge in [-0.3, -0.25) is 9.59 Å². The number of fused-ring (bicyclic) bond motifs is 1. The summed E-state index contributed by atoms with van der Waals surface area (Å²) >= 11 is 1.45. The van der Waals surface area contributed by atoms with Crippen LogP contribution in [0.4, 0.5) is 8.78 Å². The third-order valence-corrected chi connectivity index (χ3v) is 6.02. The minimum atomic E-state index is -1.10. The maximum Gasteiger partial charge on any atom is 0.262 e. The number of nitrogens with one attached hydrogen (secondary N) is 2. The van der Waals surface area contributed by atoms with E-state index in [1.54, 1.807) is 0 Å². The molecule has 4 nitrogen and oxygen atoms in total. The quantitative estimate of drug-likeness (QED) is 0.829. The van der Waals surface area contributed by atoms with Crippen molar-refractivity contribution in [3.63, 3.8) is 0 Å². The number of aryl methyl sites for hydroxylation is 2. The van der Waals surface area contributed by atoms with Crippen molar-refractivity contribution in [2.75, 3.05) is 7.05 Å². The Balaban J connectivity index is 1.83. The zero-order valence-corrected chi connectivity index (χ0v) is 15.9. The molecule has 0 saturated carbocycles. The summed E-state index contributed by atoms with van der Waals surface area (Å²) in [7, 11) is 1.43. The Bertz CT molecular complexity index is 825. The van der Waals surface area contributed by atoms with Crippen LogP contribution in [-0.2, 0) is 17.6 Å². The highest BCUT2D eigenvalue weighted by Gasteiger charge is 2.25. The fraction of sp³-hybridized carbons (Fsp3) is 0.400. The lowest BCUT2D eigenvalue weighted by Gasteiger charge is -2.17. The van der Waals surface area contributed by atoms with Crippen molar-refractivity contribution in [1.82, 2.24) is 10.6 Å². The third-order valence-electron chi connectivity index (χ3n) is 4.78. The number of carbonyl (C=O) groups excluding carboxylic acids is 2. The number of hydrogen-bond donors (Lipinski definition) is 2. The van der Waals surface area contributed by atoms with E-state index in [1.165, 1.54) is 47.7 Å². The first kappa shape index (κ1) is 19.5. The molecule has 1 atom stereocenters. The Morgan fingerprint density at radius 2 is 1.78 bits per heavy atom. The molecular formula is C20H22F2N2O2S. The fourth-order valence-electron chi connectivity index (χ4n) is 3.29. The molecule has 27 heavy (non-hydrogen) atoms. The van der Waals surface area contributed by atoms with E-state index < -0.39 is 23.6 Å². The first-order valence-corrected chi connectivity index (χ1v) is 9.90. The standard InChI is InChI=1S/C20H22F2N2O2S/c1-23-20(26)18(13-8-9-14(21)15(22)10-13)24-19(25)17-11-12-6-4-2-3-5-7-16(12)27-17/h8-11,18H,2-7H2,1H3,(H,23,26)(H,24,25). The number of likely N-dealkylation sites (N-methyl/N-ethyl adjacent to an activating group) is 1. The Labute approximate surface area is 161 Å². The van der Waals surface area contributed by atoms with Gasteiger partial charge >= 0.3 is 0 Å². The molecule has 0 fully saturated rings. The van der Waals surface area contributed by atoms with Crippen molar-refractivity contribution in [1.29, 1.82) is 0 Å². The fourth-order valence-corrected chi connectivity index (χ4v) is 4.45. The smallest absolute Gasteiger partial charge is 0.262 e. The highest BCUT2D eigenvalue weighted by atomic mass is 32.1. The monoisotopic (exact) mass is 392 g/mol. The molecule has 0 aliphatic heterocycles. The number of rotatable bonds is 4. The second kappa shape index (κ2) is 8.61. The lowest BCUT2D eigenvalue weighted by molar-refractivity contribution is -0.122. The van der Waals surface area contributed by atoms with Gasteiger partial charge in [-0.2, -0.15) is 0 Å². The van der Waals surface area contributed by atoms with Gasteiger partial charge in [0.2, 0.25) is 5.91 Å². The number of carbonyl (C=O) groups is 2. The molecule has 2 aromatic rings. The first-order chi connectivity index (χ1) is 13.0. The van der Waals surface area contributed by atoms with E-state index in [2.05, 4.69) is 10.6 Å². The van der Waals surface area contributed by atoms with Gasteiger partial charge in [0.05, 0.1) is 4.88 Å². The average Bonchev–Trinajstić information content (AvgIpc) is 3.03. The molecule has 1 aliphatic carbocycles. The zero-order valence-electron chi connectivity index (χ0n) is 15.1. The van der Waals surface area contributed by atoms with Gasteiger partial charge in [0, 0.05) is 11.9 Å². The summed E-state index contributed by atoms with van der Waals surface area (Å²) in [6.07, 6.45) is 6.56. The van der Waals surface area contributed by atoms with Crippen LogP contribution in [0.2, 0.25) is 0 Å². The number of amides is 2. The summed E-state index contributed by atoms with van der Waals surface area (Å²) in [5.41, 5.74) is 1.39. The molecule has 1 aromatic heterocycles. The molecule has 0 saturated heterocycles. The van der Waals surface area contributed by atoms with Crippen molar-refractivity contribution in [2.24, 2.45) is 0 Å². The minimum absolute atomic E-state index is 0.191. The van der Waals surface area contributed by atoms with Crippen LogP contribution >= 0.6 is 11.3 Å². The predicted octanol–water partition coefficient (Wildman–Crippen LogP) is 3.90. The van der Waals surface area contributed by atoms with Crippen LogP contribution < -0.4 is 10.6 Å². The van der Waals surface area contributed by atoms with Crippen LogP contribution in [0.25, 0.3) is 0 Å². The lowest BCUT2D eigenvalue weighted by atomic mass is 9.99. The maximum atomic E-state index is 13.6. The van der Waals surface area contributed by atoms with Crippen LogP contribution in [-0.4, -0.2) is 18.9 Å². The SMILES string of the molecule is CNC(=O)C(NC(=O)c1cc2c(s1)CCCCCC2)c1ccc(F)c(F)c1. The van der Waals surface area contributed by atoms with Crippen molar-refractivity contribution in [3.8, 4) is 0 Å². The van der Waals surface area contributed by atoms with E-state index in [1.807, 2.05) is 6.07 Å². The van der Waals surface area contributed by atoms with E-state index in [4.69, 9.17) is 0 Å². The molecule has 0 spiro atoms. The average molecular weight is 392 g/mol. The second-order valence-electron chi connectivity index (χ2n) is 6.67. The van der Waals surface area contributed by atoms with Crippen LogP contribution in [0.15, 0.2) is 24.3 Å². The largest absolute Gasteiger partial charge is 0.357 e. The van der Waals surface area contributed by atoms with Gasteiger partial charge in [-0.1, -0.05) is 18.9 Å². The van der Waals surface area contributed by atoms with E-state index in [9.17, 15) is 18.4 Å². The first-order valence-electron chi connectivity index (χ1n) is 9.08. The number of halogens is 2. The van der Waals surface area contributed by atoms with Gasteiger partial charge in [0.15, 0.2) is 11.6 Å². The van der Waals surface area contributed by atoms with Gasteiger partial charge in [-0.15, -0.1) is 11.3 Å². The molecule has 144 valence electrons. The van der Waals surface area contributed by atoms with E-state index >= 15 is 0 Å². The summed E-state index contributed by atoms with van der Waals surface area (Å²) in [6.45, 7) is 0. The molecule has 1 aromatic carbocycles. The molecule has 1 aliphatic rings. The molecule has 0 radical (unpaired) electrons. The third kappa shape index (κ3) is 4.53. The van der Waals surface area contributed by atoms with E-state index in [0.29, 0.717) is 4.88 Å². The van der Waals surface area contributed by atoms with Crippen molar-refractivity contribution in [2.45, 2.75) is 44.6 Å². The van der Waals surface area contributed by atoms with Gasteiger partial charge in [-0.05, 0) is 55.0 Å². The number of hydrogen-bond acceptors (Lipinski definition) is 3. The maximum absolute atomic E-state index is 13.6. The van der Waals surface area contributed by atoms with Crippen LogP contribution in [0.1, 0.15) is 57.4 Å². The van der Waals surface area contributed by atoms with Crippen molar-refractivity contribution < 1.29 is 18.4 Å². The van der Waals surface area contributed by atoms with Gasteiger partial charge in [0.25, 0.3) is 5.91 Å². The molecule has 2 amide bonds. The van der Waals surface area contributed by atoms with Gasteiger partial charge in [0.1, 0.15) is 6.04 Å². The molecular weight excluding hydrogens is 370 g/mol. The number of thiophene rings is 1. The minimum Gasteiger partial charge on any atom is -0.357 e. The lowest BCUT2D eigenvalue weighted by Crippen LogP contribution is -2.38. The molecule has 1 unspecified atom stereocenters. The zero-order chi connectivity index (χ0) is 19.4. The Morgan fingerprint density at radius 3 is 2.48 bits per heavy atom. The summed E-state index contributed by atoms with van der Waals surface area (Å²) in [6, 6.07) is 3.98. The Hall–Kier alpha value is -2.28. The van der Waals surface area contributed by atoms with Gasteiger partial charge < -0.3 is 10.6 Å². The molecule has 2 N–H and O–H groups in total. The molecule has 0 bridgehead atoms. The molecule has 3 rings (SSSR count). The summed E-state index contributed by atoms with van der Waals surface area (Å²) < 4.78 is 26.8. The van der Waals surface area contributed by atoms with Crippen molar-refractivity contribution in [3.05, 3.63) is 56.8 Å². The summed E-state index contributed by atoms with van der Waals surface area (Å²) in [5.74, 6) is -2.94. The Morgan fingerprint density at radius 1 is 1.04 bits per heavy atom. The van der Waals surface area contributed by atoms with Crippen molar-refractivity contribution >= 4 is 23.2 Å². The Kier molecular flexibility index (Phi) is 6.21. The highest BCUT2D eigenvalue weighted by Crippen LogP contribution is 2.29. The summed E-state index contributed by atoms with van der Waals surface area (Å²) in [4.78, 5) is 26.7. The van der Waals surface area contributed by atoms with Gasteiger partial charge in [-0.25, -0.2) is 8.78 Å². The highest BCUT2D eigenvalue weighted by molar-refractivity contribution is 7.14. The topological polar surface area (TPSA) is 58.2 Å². The van der Waals surface area contributed by atoms with Crippen LogP contribution in [0.5, 0.6) is 0 Å². The van der Waals surface area contributed by atoms with Crippen LogP contribution in [0.3, 0.4) is 0 Å².